The number of nitriles is 1. The lowest BCUT2D eigenvalue weighted by Gasteiger charge is -2.19. The Hall–Kier alpha value is -1.94. The molecule has 21 heavy (non-hydrogen) atoms. The zero-order valence-corrected chi connectivity index (χ0v) is 12.3. The van der Waals surface area contributed by atoms with E-state index in [1.807, 2.05) is 0 Å². The zero-order chi connectivity index (χ0) is 15.5. The van der Waals surface area contributed by atoms with Crippen molar-refractivity contribution in [2.24, 2.45) is 5.92 Å². The predicted molar refractivity (Wildman–Crippen MR) is 76.3 cm³/mol. The first-order valence-electron chi connectivity index (χ1n) is 6.85. The first kappa shape index (κ1) is 15.4. The molecule has 0 aliphatic heterocycles. The van der Waals surface area contributed by atoms with Crippen LogP contribution < -0.4 is 0 Å². The number of hydrogen-bond acceptors (Lipinski definition) is 5. The van der Waals surface area contributed by atoms with Crippen molar-refractivity contribution in [3.05, 3.63) is 34.4 Å². The predicted octanol–water partition coefficient (Wildman–Crippen LogP) is 2.84. The molecule has 0 saturated heterocycles. The third-order valence-electron chi connectivity index (χ3n) is 3.89. The number of benzene rings is 1. The van der Waals surface area contributed by atoms with Gasteiger partial charge in [-0.15, -0.1) is 0 Å². The van der Waals surface area contributed by atoms with Crippen molar-refractivity contribution in [2.45, 2.75) is 42.2 Å². The van der Waals surface area contributed by atoms with Gasteiger partial charge in [0, 0.05) is 6.07 Å². The maximum Gasteiger partial charge on any atom is 0.287 e. The second-order valence-corrected chi connectivity index (χ2v) is 7.32. The van der Waals surface area contributed by atoms with Gasteiger partial charge < -0.3 is 0 Å². The van der Waals surface area contributed by atoms with Crippen molar-refractivity contribution in [1.82, 2.24) is 0 Å². The molecule has 112 valence electrons. The summed E-state index contributed by atoms with van der Waals surface area (Å²) in [6.45, 7) is 0. The normalized spacial score (nSPS) is 23.0. The Bertz CT molecular complexity index is 678. The number of para-hydroxylation sites is 1. The number of rotatable bonds is 3. The van der Waals surface area contributed by atoms with Crippen LogP contribution in [0.3, 0.4) is 0 Å². The molecule has 1 aliphatic rings. The molecule has 2 atom stereocenters. The van der Waals surface area contributed by atoms with Gasteiger partial charge in [-0.1, -0.05) is 31.4 Å². The van der Waals surface area contributed by atoms with Gasteiger partial charge in [-0.05, 0) is 18.9 Å². The SMILES string of the molecule is N#CC1CCCCCC1S(=O)(=O)c1ccccc1[N+](=O)[O-]. The fourth-order valence-electron chi connectivity index (χ4n) is 2.80. The summed E-state index contributed by atoms with van der Waals surface area (Å²) in [5, 5.41) is 19.4. The van der Waals surface area contributed by atoms with Gasteiger partial charge in [0.2, 0.25) is 0 Å². The Labute approximate surface area is 123 Å². The van der Waals surface area contributed by atoms with Crippen LogP contribution >= 0.6 is 0 Å². The van der Waals surface area contributed by atoms with Crippen molar-refractivity contribution in [1.29, 1.82) is 5.26 Å². The first-order chi connectivity index (χ1) is 9.98. The van der Waals surface area contributed by atoms with Crippen LogP contribution in [0.2, 0.25) is 0 Å². The Morgan fingerprint density at radius 3 is 2.52 bits per heavy atom. The Kier molecular flexibility index (Phi) is 4.58. The summed E-state index contributed by atoms with van der Waals surface area (Å²) < 4.78 is 25.6. The average Bonchev–Trinajstić information content (AvgIpc) is 2.72. The molecule has 0 spiro atoms. The summed E-state index contributed by atoms with van der Waals surface area (Å²) in [6.07, 6.45) is 3.35. The molecule has 0 aromatic heterocycles. The van der Waals surface area contributed by atoms with E-state index in [4.69, 9.17) is 0 Å². The summed E-state index contributed by atoms with van der Waals surface area (Å²) in [5.41, 5.74) is -0.418. The maximum atomic E-state index is 12.8. The molecule has 0 N–H and O–H groups in total. The third kappa shape index (κ3) is 3.05. The quantitative estimate of drug-likeness (QED) is 0.485. The highest BCUT2D eigenvalue weighted by Gasteiger charge is 2.38. The first-order valence-corrected chi connectivity index (χ1v) is 8.40. The van der Waals surface area contributed by atoms with Gasteiger partial charge in [-0.2, -0.15) is 5.26 Å². The van der Waals surface area contributed by atoms with Gasteiger partial charge in [-0.25, -0.2) is 8.42 Å². The lowest BCUT2D eigenvalue weighted by Crippen LogP contribution is -2.29. The molecular formula is C14H16N2O4S. The van der Waals surface area contributed by atoms with Gasteiger partial charge in [0.25, 0.3) is 5.69 Å². The second-order valence-electron chi connectivity index (χ2n) is 5.18. The van der Waals surface area contributed by atoms with E-state index in [0.29, 0.717) is 12.8 Å². The van der Waals surface area contributed by atoms with Crippen LogP contribution in [0, 0.1) is 27.4 Å². The highest BCUT2D eigenvalue weighted by atomic mass is 32.2. The molecule has 1 aromatic rings. The van der Waals surface area contributed by atoms with Crippen LogP contribution in [-0.4, -0.2) is 18.6 Å². The van der Waals surface area contributed by atoms with Crippen molar-refractivity contribution in [3.8, 4) is 6.07 Å². The van der Waals surface area contributed by atoms with Crippen molar-refractivity contribution in [2.75, 3.05) is 0 Å². The minimum atomic E-state index is -3.89. The molecule has 0 bridgehead atoms. The fraction of sp³-hybridized carbons (Fsp3) is 0.500. The largest absolute Gasteiger partial charge is 0.287 e. The minimum Gasteiger partial charge on any atom is -0.258 e. The fourth-order valence-corrected chi connectivity index (χ4v) is 4.94. The molecule has 1 saturated carbocycles. The Morgan fingerprint density at radius 2 is 1.86 bits per heavy atom. The van der Waals surface area contributed by atoms with Gasteiger partial charge in [0.05, 0.1) is 22.2 Å². The third-order valence-corrected chi connectivity index (χ3v) is 6.21. The van der Waals surface area contributed by atoms with E-state index in [2.05, 4.69) is 6.07 Å². The molecule has 1 aliphatic carbocycles. The van der Waals surface area contributed by atoms with E-state index in [9.17, 15) is 23.8 Å². The van der Waals surface area contributed by atoms with Crippen LogP contribution in [0.25, 0.3) is 0 Å². The van der Waals surface area contributed by atoms with E-state index in [0.717, 1.165) is 19.3 Å². The number of nitro benzene ring substituents is 1. The summed E-state index contributed by atoms with van der Waals surface area (Å²) in [6, 6.07) is 7.42. The maximum absolute atomic E-state index is 12.8. The molecule has 2 unspecified atom stereocenters. The molecule has 1 aromatic carbocycles. The minimum absolute atomic E-state index is 0.276. The zero-order valence-electron chi connectivity index (χ0n) is 11.4. The highest BCUT2D eigenvalue weighted by Crippen LogP contribution is 2.35. The lowest BCUT2D eigenvalue weighted by atomic mass is 10.0. The van der Waals surface area contributed by atoms with Crippen molar-refractivity contribution < 1.29 is 13.3 Å². The van der Waals surface area contributed by atoms with E-state index in [1.165, 1.54) is 24.3 Å². The van der Waals surface area contributed by atoms with E-state index >= 15 is 0 Å². The monoisotopic (exact) mass is 308 g/mol. The molecule has 1 fully saturated rings. The molecule has 6 nitrogen and oxygen atoms in total. The van der Waals surface area contributed by atoms with Crippen LogP contribution in [0.1, 0.15) is 32.1 Å². The summed E-state index contributed by atoms with van der Waals surface area (Å²) in [5.74, 6) is -0.600. The topological polar surface area (TPSA) is 101 Å². The van der Waals surface area contributed by atoms with Crippen molar-refractivity contribution >= 4 is 15.5 Å². The molecule has 2 rings (SSSR count). The van der Waals surface area contributed by atoms with Crippen LogP contribution in [0.5, 0.6) is 0 Å². The Balaban J connectivity index is 2.51. The van der Waals surface area contributed by atoms with Gasteiger partial charge >= 0.3 is 0 Å². The second kappa shape index (κ2) is 6.22. The summed E-state index contributed by atoms with van der Waals surface area (Å²) in [4.78, 5) is 10.1. The van der Waals surface area contributed by atoms with Crippen LogP contribution in [0.15, 0.2) is 29.2 Å². The molecule has 7 heteroatoms. The number of nitro groups is 1. The van der Waals surface area contributed by atoms with Crippen LogP contribution in [0.4, 0.5) is 5.69 Å². The smallest absolute Gasteiger partial charge is 0.258 e. The van der Waals surface area contributed by atoms with E-state index < -0.39 is 31.6 Å². The van der Waals surface area contributed by atoms with Gasteiger partial charge in [0.1, 0.15) is 4.90 Å². The van der Waals surface area contributed by atoms with E-state index in [1.54, 1.807) is 0 Å². The highest BCUT2D eigenvalue weighted by molar-refractivity contribution is 7.92. The molecule has 0 radical (unpaired) electrons. The Morgan fingerprint density at radius 1 is 1.19 bits per heavy atom. The number of sulfone groups is 1. The molecular weight excluding hydrogens is 292 g/mol. The molecule has 0 amide bonds. The summed E-state index contributed by atoms with van der Waals surface area (Å²) in [7, 11) is -3.89. The van der Waals surface area contributed by atoms with Gasteiger partial charge in [-0.3, -0.25) is 10.1 Å². The lowest BCUT2D eigenvalue weighted by molar-refractivity contribution is -0.387. The number of nitrogens with zero attached hydrogens (tertiary/aromatic N) is 2. The van der Waals surface area contributed by atoms with E-state index in [-0.39, 0.29) is 4.90 Å². The molecule has 0 heterocycles. The van der Waals surface area contributed by atoms with Crippen LogP contribution in [-0.2, 0) is 9.84 Å². The summed E-state index contributed by atoms with van der Waals surface area (Å²) >= 11 is 0. The number of hydrogen-bond donors (Lipinski definition) is 0. The van der Waals surface area contributed by atoms with Gasteiger partial charge in [0.15, 0.2) is 9.84 Å². The average molecular weight is 308 g/mol. The van der Waals surface area contributed by atoms with Crippen molar-refractivity contribution in [3.63, 3.8) is 0 Å². The standard InChI is InChI=1S/C14H16N2O4S/c15-10-11-6-2-1-3-8-13(11)21(19,20)14-9-5-4-7-12(14)16(17)18/h4-5,7,9,11,13H,1-3,6,8H2.